The van der Waals surface area contributed by atoms with Gasteiger partial charge in [-0.25, -0.2) is 0 Å². The van der Waals surface area contributed by atoms with E-state index in [2.05, 4.69) is 21.6 Å². The fourth-order valence-corrected chi connectivity index (χ4v) is 4.43. The van der Waals surface area contributed by atoms with E-state index in [9.17, 15) is 4.79 Å². The van der Waals surface area contributed by atoms with Gasteiger partial charge in [0.05, 0.1) is 16.0 Å². The van der Waals surface area contributed by atoms with Gasteiger partial charge in [-0.1, -0.05) is 52.9 Å². The Morgan fingerprint density at radius 3 is 3.00 bits per heavy atom. The van der Waals surface area contributed by atoms with E-state index in [1.165, 1.54) is 11.8 Å². The van der Waals surface area contributed by atoms with Crippen LogP contribution in [0.1, 0.15) is 5.56 Å². The first-order valence-corrected chi connectivity index (χ1v) is 9.71. The highest BCUT2D eigenvalue weighted by atomic mass is 35.5. The molecule has 0 fully saturated rings. The Kier molecular flexibility index (Phi) is 4.37. The monoisotopic (exact) mass is 388 g/mol. The van der Waals surface area contributed by atoms with E-state index in [1.54, 1.807) is 23.5 Å². The highest BCUT2D eigenvalue weighted by molar-refractivity contribution is 7.99. The molecule has 0 bridgehead atoms. The van der Waals surface area contributed by atoms with Gasteiger partial charge in [0.15, 0.2) is 5.16 Å². The fourth-order valence-electron chi connectivity index (χ4n) is 2.49. The van der Waals surface area contributed by atoms with E-state index < -0.39 is 0 Å². The van der Waals surface area contributed by atoms with Gasteiger partial charge < -0.3 is 5.32 Å². The number of thioether (sulfide) groups is 1. The fraction of sp³-hybridized carbons (Fsp3) is 0.118. The summed E-state index contributed by atoms with van der Waals surface area (Å²) in [6.07, 6.45) is 0. The molecular weight excluding hydrogens is 376 g/mol. The maximum atomic E-state index is 12.3. The number of benzene rings is 2. The van der Waals surface area contributed by atoms with Gasteiger partial charge in [-0.3, -0.25) is 9.20 Å². The molecule has 25 heavy (non-hydrogen) atoms. The summed E-state index contributed by atoms with van der Waals surface area (Å²) in [6, 6.07) is 13.5. The Bertz CT molecular complexity index is 1090. The molecule has 0 aliphatic heterocycles. The zero-order valence-electron chi connectivity index (χ0n) is 13.2. The summed E-state index contributed by atoms with van der Waals surface area (Å²) >= 11 is 8.94. The van der Waals surface area contributed by atoms with Crippen LogP contribution in [0.4, 0.5) is 5.69 Å². The quantitative estimate of drug-likeness (QED) is 0.517. The maximum Gasteiger partial charge on any atom is 0.234 e. The highest BCUT2D eigenvalue weighted by Gasteiger charge is 2.14. The third-order valence-corrected chi connectivity index (χ3v) is 5.89. The molecule has 0 aliphatic carbocycles. The van der Waals surface area contributed by atoms with Gasteiger partial charge in [0.2, 0.25) is 10.9 Å². The topological polar surface area (TPSA) is 59.3 Å². The molecule has 0 radical (unpaired) electrons. The first-order valence-electron chi connectivity index (χ1n) is 7.53. The van der Waals surface area contributed by atoms with Gasteiger partial charge in [-0.05, 0) is 36.8 Å². The summed E-state index contributed by atoms with van der Waals surface area (Å²) in [7, 11) is 0. The summed E-state index contributed by atoms with van der Waals surface area (Å²) in [4.78, 5) is 13.1. The third kappa shape index (κ3) is 3.22. The van der Waals surface area contributed by atoms with Gasteiger partial charge >= 0.3 is 0 Å². The Morgan fingerprint density at radius 2 is 2.12 bits per heavy atom. The lowest BCUT2D eigenvalue weighted by atomic mass is 10.2. The van der Waals surface area contributed by atoms with Crippen molar-refractivity contribution in [3.63, 3.8) is 0 Å². The molecule has 0 saturated heterocycles. The van der Waals surface area contributed by atoms with Crippen LogP contribution in [-0.4, -0.2) is 26.3 Å². The predicted octanol–water partition coefficient (Wildman–Crippen LogP) is 4.64. The van der Waals surface area contributed by atoms with Crippen LogP contribution in [0.2, 0.25) is 5.02 Å². The SMILES string of the molecule is Cc1ccc(Cl)cc1NC(=O)CSc1nnc2sc3ccccc3n12. The summed E-state index contributed by atoms with van der Waals surface area (Å²) in [6.45, 7) is 1.93. The van der Waals surface area contributed by atoms with E-state index in [-0.39, 0.29) is 11.7 Å². The van der Waals surface area contributed by atoms with Gasteiger partial charge in [0, 0.05) is 10.7 Å². The minimum Gasteiger partial charge on any atom is -0.325 e. The largest absolute Gasteiger partial charge is 0.325 e. The highest BCUT2D eigenvalue weighted by Crippen LogP contribution is 2.29. The molecule has 126 valence electrons. The van der Waals surface area contributed by atoms with E-state index in [4.69, 9.17) is 11.6 Å². The second kappa shape index (κ2) is 6.67. The summed E-state index contributed by atoms with van der Waals surface area (Å²) < 4.78 is 3.14. The Morgan fingerprint density at radius 1 is 1.28 bits per heavy atom. The minimum absolute atomic E-state index is 0.105. The number of anilines is 1. The van der Waals surface area contributed by atoms with Crippen LogP contribution in [0.15, 0.2) is 47.6 Å². The van der Waals surface area contributed by atoms with Crippen molar-refractivity contribution in [3.05, 3.63) is 53.1 Å². The van der Waals surface area contributed by atoms with Crippen LogP contribution in [-0.2, 0) is 4.79 Å². The van der Waals surface area contributed by atoms with Gasteiger partial charge in [0.25, 0.3) is 0 Å². The number of nitrogens with zero attached hydrogens (tertiary/aromatic N) is 3. The van der Waals surface area contributed by atoms with E-state index in [0.717, 1.165) is 26.4 Å². The number of amides is 1. The first kappa shape index (κ1) is 16.4. The summed E-state index contributed by atoms with van der Waals surface area (Å²) in [5, 5.41) is 12.6. The minimum atomic E-state index is -0.105. The van der Waals surface area contributed by atoms with Gasteiger partial charge in [-0.2, -0.15) is 0 Å². The number of para-hydroxylation sites is 1. The number of rotatable bonds is 4. The Labute approximate surface area is 157 Å². The predicted molar refractivity (Wildman–Crippen MR) is 104 cm³/mol. The molecule has 0 unspecified atom stereocenters. The lowest BCUT2D eigenvalue weighted by molar-refractivity contribution is -0.113. The number of aromatic nitrogens is 3. The van der Waals surface area contributed by atoms with Gasteiger partial charge in [-0.15, -0.1) is 10.2 Å². The second-order valence-corrected chi connectivity index (χ2v) is 7.85. The number of hydrogen-bond donors (Lipinski definition) is 1. The molecule has 2 aromatic heterocycles. The van der Waals surface area contributed by atoms with Crippen LogP contribution in [0, 0.1) is 6.92 Å². The molecule has 5 nitrogen and oxygen atoms in total. The molecule has 0 aliphatic rings. The molecule has 4 aromatic rings. The Balaban J connectivity index is 1.52. The Hall–Kier alpha value is -2.09. The number of carbonyl (C=O) groups is 1. The van der Waals surface area contributed by atoms with E-state index >= 15 is 0 Å². The van der Waals surface area contributed by atoms with Gasteiger partial charge in [0.1, 0.15) is 0 Å². The molecule has 1 amide bonds. The standard InChI is InChI=1S/C17H13ClN4OS2/c1-10-6-7-11(18)8-12(10)19-15(23)9-24-16-20-21-17-22(16)13-4-2-3-5-14(13)25-17/h2-8H,9H2,1H3,(H,19,23). The number of fused-ring (bicyclic) bond motifs is 3. The molecule has 2 aromatic carbocycles. The van der Waals surface area contributed by atoms with Crippen molar-refractivity contribution in [3.8, 4) is 0 Å². The number of hydrogen-bond acceptors (Lipinski definition) is 5. The smallest absolute Gasteiger partial charge is 0.234 e. The zero-order chi connectivity index (χ0) is 17.4. The lowest BCUT2D eigenvalue weighted by Crippen LogP contribution is -2.15. The van der Waals surface area contributed by atoms with Crippen LogP contribution < -0.4 is 5.32 Å². The second-order valence-electron chi connectivity index (χ2n) is 5.47. The average molecular weight is 389 g/mol. The van der Waals surface area contributed by atoms with Crippen molar-refractivity contribution in [1.82, 2.24) is 14.6 Å². The molecule has 2 heterocycles. The zero-order valence-corrected chi connectivity index (χ0v) is 15.6. The molecule has 8 heteroatoms. The third-order valence-electron chi connectivity index (χ3n) is 3.72. The molecule has 0 saturated carbocycles. The van der Waals surface area contributed by atoms with Crippen molar-refractivity contribution in [1.29, 1.82) is 0 Å². The molecular formula is C17H13ClN4OS2. The number of halogens is 1. The van der Waals surface area contributed by atoms with Crippen LogP contribution in [0.5, 0.6) is 0 Å². The molecule has 4 rings (SSSR count). The van der Waals surface area contributed by atoms with E-state index in [0.29, 0.717) is 10.2 Å². The normalized spacial score (nSPS) is 11.3. The number of nitrogens with one attached hydrogen (secondary N) is 1. The lowest BCUT2D eigenvalue weighted by Gasteiger charge is -2.08. The maximum absolute atomic E-state index is 12.3. The molecule has 0 atom stereocenters. The average Bonchev–Trinajstić information content (AvgIpc) is 3.15. The first-order chi connectivity index (χ1) is 12.1. The van der Waals surface area contributed by atoms with Crippen LogP contribution in [0.25, 0.3) is 15.2 Å². The van der Waals surface area contributed by atoms with Crippen molar-refractivity contribution in [2.24, 2.45) is 0 Å². The van der Waals surface area contributed by atoms with Crippen molar-refractivity contribution < 1.29 is 4.79 Å². The van der Waals surface area contributed by atoms with Crippen molar-refractivity contribution in [2.75, 3.05) is 11.1 Å². The van der Waals surface area contributed by atoms with Crippen LogP contribution >= 0.6 is 34.7 Å². The molecule has 0 spiro atoms. The van der Waals surface area contributed by atoms with Crippen molar-refractivity contribution >= 4 is 61.5 Å². The summed E-state index contributed by atoms with van der Waals surface area (Å²) in [5.74, 6) is 0.142. The molecule has 1 N–H and O–H groups in total. The number of aryl methyl sites for hydroxylation is 1. The van der Waals surface area contributed by atoms with Crippen molar-refractivity contribution in [2.45, 2.75) is 12.1 Å². The summed E-state index contributed by atoms with van der Waals surface area (Å²) in [5.41, 5.74) is 2.75. The van der Waals surface area contributed by atoms with Crippen LogP contribution in [0.3, 0.4) is 0 Å². The van der Waals surface area contributed by atoms with E-state index in [1.807, 2.05) is 35.6 Å². The number of carbonyl (C=O) groups excluding carboxylic acids is 1. The number of thiazole rings is 1.